The largest absolute Gasteiger partial charge is 0.380 e. The zero-order valence-electron chi connectivity index (χ0n) is 11.2. The molecule has 2 atom stereocenters. The second-order valence-electron chi connectivity index (χ2n) is 5.33. The predicted octanol–water partition coefficient (Wildman–Crippen LogP) is 0.722. The molecule has 0 aromatic rings. The van der Waals surface area contributed by atoms with Crippen LogP contribution >= 0.6 is 0 Å². The standard InChI is InChI=1S/C13H26N2O2/c1-14-12-5-7-16-10-13(12)15(2)6-8-17-9-11-3-4-11/h11-14H,3-10H2,1-2H3. The topological polar surface area (TPSA) is 33.7 Å². The summed E-state index contributed by atoms with van der Waals surface area (Å²) in [6.45, 7) is 4.53. The van der Waals surface area contributed by atoms with Gasteiger partial charge in [-0.3, -0.25) is 4.90 Å². The van der Waals surface area contributed by atoms with Crippen molar-refractivity contribution in [3.8, 4) is 0 Å². The minimum absolute atomic E-state index is 0.485. The summed E-state index contributed by atoms with van der Waals surface area (Å²) in [6.07, 6.45) is 3.84. The summed E-state index contributed by atoms with van der Waals surface area (Å²) in [5, 5.41) is 3.39. The Hall–Kier alpha value is -0.160. The molecule has 4 nitrogen and oxygen atoms in total. The van der Waals surface area contributed by atoms with Crippen LogP contribution in [0.4, 0.5) is 0 Å². The number of rotatable bonds is 7. The molecule has 0 radical (unpaired) electrons. The van der Waals surface area contributed by atoms with Gasteiger partial charge in [-0.1, -0.05) is 0 Å². The number of likely N-dealkylation sites (N-methyl/N-ethyl adjacent to an activating group) is 2. The van der Waals surface area contributed by atoms with Crippen LogP contribution in [0, 0.1) is 5.92 Å². The van der Waals surface area contributed by atoms with Crippen molar-refractivity contribution in [3.63, 3.8) is 0 Å². The van der Waals surface area contributed by atoms with Crippen molar-refractivity contribution in [3.05, 3.63) is 0 Å². The van der Waals surface area contributed by atoms with Gasteiger partial charge in [0.1, 0.15) is 0 Å². The van der Waals surface area contributed by atoms with Crippen molar-refractivity contribution in [2.75, 3.05) is 47.1 Å². The van der Waals surface area contributed by atoms with Gasteiger partial charge in [0.2, 0.25) is 0 Å². The van der Waals surface area contributed by atoms with Gasteiger partial charge in [-0.25, -0.2) is 0 Å². The van der Waals surface area contributed by atoms with Gasteiger partial charge in [0.15, 0.2) is 0 Å². The van der Waals surface area contributed by atoms with Gasteiger partial charge >= 0.3 is 0 Å². The zero-order chi connectivity index (χ0) is 12.1. The molecule has 17 heavy (non-hydrogen) atoms. The third-order valence-corrected chi connectivity index (χ3v) is 3.90. The van der Waals surface area contributed by atoms with Crippen molar-refractivity contribution in [1.29, 1.82) is 0 Å². The molecule has 2 fully saturated rings. The maximum absolute atomic E-state index is 5.69. The Balaban J connectivity index is 1.63. The van der Waals surface area contributed by atoms with Gasteiger partial charge in [0, 0.05) is 31.8 Å². The molecule has 2 aliphatic rings. The van der Waals surface area contributed by atoms with Crippen LogP contribution in [-0.4, -0.2) is 64.1 Å². The first-order valence-electron chi connectivity index (χ1n) is 6.84. The fraction of sp³-hybridized carbons (Fsp3) is 1.00. The quantitative estimate of drug-likeness (QED) is 0.667. The Kier molecular flexibility index (Phi) is 5.22. The molecule has 100 valence electrons. The van der Waals surface area contributed by atoms with Crippen molar-refractivity contribution < 1.29 is 9.47 Å². The van der Waals surface area contributed by atoms with Gasteiger partial charge in [-0.05, 0) is 39.3 Å². The van der Waals surface area contributed by atoms with E-state index in [0.29, 0.717) is 12.1 Å². The third-order valence-electron chi connectivity index (χ3n) is 3.90. The monoisotopic (exact) mass is 242 g/mol. The summed E-state index contributed by atoms with van der Waals surface area (Å²) >= 11 is 0. The molecule has 2 rings (SSSR count). The van der Waals surface area contributed by atoms with E-state index in [2.05, 4.69) is 17.3 Å². The van der Waals surface area contributed by atoms with E-state index in [1.54, 1.807) is 0 Å². The Morgan fingerprint density at radius 3 is 2.88 bits per heavy atom. The smallest absolute Gasteiger partial charge is 0.0636 e. The Morgan fingerprint density at radius 2 is 2.18 bits per heavy atom. The molecule has 4 heteroatoms. The van der Waals surface area contributed by atoms with E-state index in [4.69, 9.17) is 9.47 Å². The lowest BCUT2D eigenvalue weighted by molar-refractivity contribution is -0.00264. The van der Waals surface area contributed by atoms with Crippen molar-refractivity contribution in [2.45, 2.75) is 31.3 Å². The molecule has 2 unspecified atom stereocenters. The molecular formula is C13H26N2O2. The first-order valence-corrected chi connectivity index (χ1v) is 6.84. The van der Waals surface area contributed by atoms with Gasteiger partial charge in [0.05, 0.1) is 13.2 Å². The zero-order valence-corrected chi connectivity index (χ0v) is 11.2. The SMILES string of the molecule is CNC1CCOCC1N(C)CCOCC1CC1. The molecular weight excluding hydrogens is 216 g/mol. The van der Waals surface area contributed by atoms with Crippen LogP contribution in [0.5, 0.6) is 0 Å². The van der Waals surface area contributed by atoms with Gasteiger partial charge in [0.25, 0.3) is 0 Å². The molecule has 0 aromatic carbocycles. The highest BCUT2D eigenvalue weighted by Gasteiger charge is 2.27. The van der Waals surface area contributed by atoms with Crippen LogP contribution in [0.25, 0.3) is 0 Å². The normalized spacial score (nSPS) is 29.8. The number of hydrogen-bond donors (Lipinski definition) is 1. The third kappa shape index (κ3) is 4.21. The van der Waals surface area contributed by atoms with Crippen LogP contribution in [0.3, 0.4) is 0 Å². The second-order valence-corrected chi connectivity index (χ2v) is 5.33. The summed E-state index contributed by atoms with van der Waals surface area (Å²) in [5.74, 6) is 0.864. The fourth-order valence-corrected chi connectivity index (χ4v) is 2.40. The molecule has 1 aliphatic heterocycles. The van der Waals surface area contributed by atoms with Gasteiger partial charge in [-0.15, -0.1) is 0 Å². The van der Waals surface area contributed by atoms with E-state index in [9.17, 15) is 0 Å². The van der Waals surface area contributed by atoms with E-state index >= 15 is 0 Å². The average Bonchev–Trinajstić information content (AvgIpc) is 3.18. The maximum Gasteiger partial charge on any atom is 0.0636 e. The predicted molar refractivity (Wildman–Crippen MR) is 68.2 cm³/mol. The highest BCUT2D eigenvalue weighted by Crippen LogP contribution is 2.28. The highest BCUT2D eigenvalue weighted by atomic mass is 16.5. The van der Waals surface area contributed by atoms with E-state index in [1.165, 1.54) is 12.8 Å². The van der Waals surface area contributed by atoms with Crippen LogP contribution in [0.15, 0.2) is 0 Å². The Bertz CT molecular complexity index is 221. The summed E-state index contributed by atoms with van der Waals surface area (Å²) in [6, 6.07) is 1.04. The van der Waals surface area contributed by atoms with E-state index < -0.39 is 0 Å². The van der Waals surface area contributed by atoms with Gasteiger partial charge in [-0.2, -0.15) is 0 Å². The molecule has 1 heterocycles. The van der Waals surface area contributed by atoms with Crippen LogP contribution < -0.4 is 5.32 Å². The van der Waals surface area contributed by atoms with Crippen LogP contribution in [-0.2, 0) is 9.47 Å². The van der Waals surface area contributed by atoms with E-state index in [1.807, 2.05) is 7.05 Å². The number of ether oxygens (including phenoxy) is 2. The fourth-order valence-electron chi connectivity index (χ4n) is 2.40. The Labute approximate surface area is 105 Å². The molecule has 0 spiro atoms. The molecule has 1 saturated carbocycles. The minimum Gasteiger partial charge on any atom is -0.380 e. The average molecular weight is 242 g/mol. The number of nitrogens with one attached hydrogen (secondary N) is 1. The first kappa shape index (κ1) is 13.3. The lowest BCUT2D eigenvalue weighted by Gasteiger charge is -2.37. The summed E-state index contributed by atoms with van der Waals surface area (Å²) in [7, 11) is 4.21. The summed E-state index contributed by atoms with van der Waals surface area (Å²) < 4.78 is 11.3. The molecule has 1 aliphatic carbocycles. The van der Waals surface area contributed by atoms with Crippen LogP contribution in [0.2, 0.25) is 0 Å². The lowest BCUT2D eigenvalue weighted by atomic mass is 10.0. The Morgan fingerprint density at radius 1 is 1.35 bits per heavy atom. The summed E-state index contributed by atoms with van der Waals surface area (Å²) in [5.41, 5.74) is 0. The molecule has 1 N–H and O–H groups in total. The highest BCUT2D eigenvalue weighted by molar-refractivity contribution is 4.85. The second kappa shape index (κ2) is 6.69. The van der Waals surface area contributed by atoms with Crippen molar-refractivity contribution in [2.24, 2.45) is 5.92 Å². The minimum atomic E-state index is 0.485. The number of nitrogens with zero attached hydrogens (tertiary/aromatic N) is 1. The van der Waals surface area contributed by atoms with Crippen molar-refractivity contribution in [1.82, 2.24) is 10.2 Å². The summed E-state index contributed by atoms with van der Waals surface area (Å²) in [4.78, 5) is 2.37. The molecule has 0 aromatic heterocycles. The molecule has 0 bridgehead atoms. The van der Waals surface area contributed by atoms with Crippen LogP contribution in [0.1, 0.15) is 19.3 Å². The molecule has 1 saturated heterocycles. The van der Waals surface area contributed by atoms with Crippen molar-refractivity contribution >= 4 is 0 Å². The molecule has 0 amide bonds. The maximum atomic E-state index is 5.69. The first-order chi connectivity index (χ1) is 8.31. The number of hydrogen-bond acceptors (Lipinski definition) is 4. The lowest BCUT2D eigenvalue weighted by Crippen LogP contribution is -2.53. The van der Waals surface area contributed by atoms with E-state index in [-0.39, 0.29) is 0 Å². The van der Waals surface area contributed by atoms with Gasteiger partial charge < -0.3 is 14.8 Å². The van der Waals surface area contributed by atoms with E-state index in [0.717, 1.165) is 45.3 Å².